The van der Waals surface area contributed by atoms with Crippen LogP contribution in [0.3, 0.4) is 0 Å². The van der Waals surface area contributed by atoms with Gasteiger partial charge in [0.25, 0.3) is 0 Å². The molecule has 3 nitrogen and oxygen atoms in total. The van der Waals surface area contributed by atoms with Crippen molar-refractivity contribution in [2.24, 2.45) is 0 Å². The van der Waals surface area contributed by atoms with Crippen molar-refractivity contribution in [1.29, 1.82) is 0 Å². The monoisotopic (exact) mass is 411 g/mol. The number of thioether (sulfide) groups is 1. The molecule has 21 heavy (non-hydrogen) atoms. The lowest BCUT2D eigenvalue weighted by molar-refractivity contribution is 0.395. The van der Waals surface area contributed by atoms with Crippen LogP contribution in [-0.2, 0) is 10.0 Å². The Morgan fingerprint density at radius 3 is 2.57 bits per heavy atom. The van der Waals surface area contributed by atoms with Gasteiger partial charge in [-0.1, -0.05) is 46.8 Å². The SMILES string of the molecule is CSC1(CNS(=O)(=O)c2ccc(Br)cc2Cl)CCCCC1. The third kappa shape index (κ3) is 4.38. The Bertz CT molecular complexity index is 601. The lowest BCUT2D eigenvalue weighted by atomic mass is 9.88. The van der Waals surface area contributed by atoms with Crippen molar-refractivity contribution in [3.8, 4) is 0 Å². The van der Waals surface area contributed by atoms with Gasteiger partial charge in [0.15, 0.2) is 0 Å². The number of hydrogen-bond donors (Lipinski definition) is 1. The minimum atomic E-state index is -3.57. The maximum absolute atomic E-state index is 12.4. The third-order valence-corrected chi connectivity index (χ3v) is 7.76. The van der Waals surface area contributed by atoms with Gasteiger partial charge in [0.05, 0.1) is 5.02 Å². The predicted octanol–water partition coefficient (Wildman–Crippen LogP) is 4.45. The van der Waals surface area contributed by atoms with Crippen molar-refractivity contribution in [3.05, 3.63) is 27.7 Å². The molecule has 1 N–H and O–H groups in total. The highest BCUT2D eigenvalue weighted by molar-refractivity contribution is 9.10. The molecule has 0 aromatic heterocycles. The molecule has 0 atom stereocenters. The lowest BCUT2D eigenvalue weighted by Crippen LogP contribution is -2.41. The first-order valence-electron chi connectivity index (χ1n) is 6.88. The van der Waals surface area contributed by atoms with Crippen LogP contribution in [0, 0.1) is 0 Å². The average Bonchev–Trinajstić information content (AvgIpc) is 2.46. The number of benzene rings is 1. The average molecular weight is 413 g/mol. The molecule has 0 heterocycles. The maximum atomic E-state index is 12.4. The second kappa shape index (κ2) is 7.21. The van der Waals surface area contributed by atoms with E-state index < -0.39 is 10.0 Å². The molecule has 1 fully saturated rings. The Labute approximate surface area is 144 Å². The molecule has 1 aromatic carbocycles. The van der Waals surface area contributed by atoms with E-state index in [2.05, 4.69) is 26.9 Å². The van der Waals surface area contributed by atoms with Gasteiger partial charge in [-0.15, -0.1) is 0 Å². The van der Waals surface area contributed by atoms with Crippen molar-refractivity contribution >= 4 is 49.3 Å². The Hall–Kier alpha value is 0.250. The minimum Gasteiger partial charge on any atom is -0.210 e. The largest absolute Gasteiger partial charge is 0.242 e. The van der Waals surface area contributed by atoms with Gasteiger partial charge in [0.2, 0.25) is 10.0 Å². The highest BCUT2D eigenvalue weighted by atomic mass is 79.9. The molecule has 7 heteroatoms. The van der Waals surface area contributed by atoms with Gasteiger partial charge in [-0.25, -0.2) is 13.1 Å². The standard InChI is InChI=1S/C14H19BrClNO2S2/c1-20-14(7-3-2-4-8-14)10-17-21(18,19)13-6-5-11(15)9-12(13)16/h5-6,9,17H,2-4,7-8,10H2,1H3. The second-order valence-electron chi connectivity index (χ2n) is 5.35. The fourth-order valence-corrected chi connectivity index (χ4v) is 5.81. The number of rotatable bonds is 5. The zero-order chi connectivity index (χ0) is 15.5. The quantitative estimate of drug-likeness (QED) is 0.777. The second-order valence-corrected chi connectivity index (χ2v) is 9.68. The van der Waals surface area contributed by atoms with E-state index in [4.69, 9.17) is 11.6 Å². The van der Waals surface area contributed by atoms with E-state index in [1.165, 1.54) is 25.3 Å². The zero-order valence-electron chi connectivity index (χ0n) is 11.9. The molecule has 0 radical (unpaired) electrons. The van der Waals surface area contributed by atoms with Crippen LogP contribution in [0.15, 0.2) is 27.6 Å². The maximum Gasteiger partial charge on any atom is 0.242 e. The van der Waals surface area contributed by atoms with E-state index in [0.29, 0.717) is 6.54 Å². The van der Waals surface area contributed by atoms with E-state index in [0.717, 1.165) is 17.3 Å². The van der Waals surface area contributed by atoms with Crippen LogP contribution in [-0.4, -0.2) is 26.0 Å². The highest BCUT2D eigenvalue weighted by Gasteiger charge is 2.33. The predicted molar refractivity (Wildman–Crippen MR) is 93.7 cm³/mol. The van der Waals surface area contributed by atoms with Gasteiger partial charge in [-0.3, -0.25) is 0 Å². The number of halogens is 2. The molecule has 1 aromatic rings. The first-order valence-corrected chi connectivity index (χ1v) is 10.8. The van der Waals surface area contributed by atoms with Crippen molar-refractivity contribution in [2.75, 3.05) is 12.8 Å². The first-order chi connectivity index (χ1) is 9.88. The van der Waals surface area contributed by atoms with Gasteiger partial charge < -0.3 is 0 Å². The fourth-order valence-electron chi connectivity index (χ4n) is 2.65. The molecular weight excluding hydrogens is 394 g/mol. The molecule has 2 rings (SSSR count). The van der Waals surface area contributed by atoms with Gasteiger partial charge >= 0.3 is 0 Å². The van der Waals surface area contributed by atoms with Crippen LogP contribution in [0.2, 0.25) is 5.02 Å². The van der Waals surface area contributed by atoms with E-state index in [-0.39, 0.29) is 14.7 Å². The van der Waals surface area contributed by atoms with Gasteiger partial charge in [-0.05, 0) is 37.3 Å². The van der Waals surface area contributed by atoms with Gasteiger partial charge in [-0.2, -0.15) is 11.8 Å². The lowest BCUT2D eigenvalue weighted by Gasteiger charge is -2.35. The van der Waals surface area contributed by atoms with Crippen LogP contribution in [0.25, 0.3) is 0 Å². The molecule has 118 valence electrons. The summed E-state index contributed by atoms with van der Waals surface area (Å²) in [6.07, 6.45) is 7.76. The highest BCUT2D eigenvalue weighted by Crippen LogP contribution is 2.38. The van der Waals surface area contributed by atoms with Gasteiger partial charge in [0.1, 0.15) is 4.90 Å². The number of sulfonamides is 1. The van der Waals surface area contributed by atoms with Gasteiger partial charge in [0, 0.05) is 15.8 Å². The third-order valence-electron chi connectivity index (χ3n) is 3.97. The Morgan fingerprint density at radius 1 is 1.33 bits per heavy atom. The van der Waals surface area contributed by atoms with Crippen molar-refractivity contribution in [2.45, 2.75) is 41.7 Å². The van der Waals surface area contributed by atoms with E-state index >= 15 is 0 Å². The molecule has 0 amide bonds. The summed E-state index contributed by atoms with van der Waals surface area (Å²) in [5.74, 6) is 0. The first kappa shape index (κ1) is 17.6. The number of hydrogen-bond acceptors (Lipinski definition) is 3. The molecule has 1 saturated carbocycles. The summed E-state index contributed by atoms with van der Waals surface area (Å²) in [5.41, 5.74) is 0. The van der Waals surface area contributed by atoms with Crippen molar-refractivity contribution < 1.29 is 8.42 Å². The molecule has 0 bridgehead atoms. The molecule has 1 aliphatic carbocycles. The molecule has 0 saturated heterocycles. The molecular formula is C14H19BrClNO2S2. The number of nitrogens with one attached hydrogen (secondary N) is 1. The molecule has 0 unspecified atom stereocenters. The summed E-state index contributed by atoms with van der Waals surface area (Å²) >= 11 is 11.1. The van der Waals surface area contributed by atoms with E-state index in [1.54, 1.807) is 23.9 Å². The topological polar surface area (TPSA) is 46.2 Å². The molecule has 0 spiro atoms. The Kier molecular flexibility index (Phi) is 6.05. The Balaban J connectivity index is 2.13. The normalized spacial score (nSPS) is 18.6. The fraction of sp³-hybridized carbons (Fsp3) is 0.571. The minimum absolute atomic E-state index is 0.0210. The van der Waals surface area contributed by atoms with Crippen LogP contribution in [0.5, 0.6) is 0 Å². The van der Waals surface area contributed by atoms with Crippen molar-refractivity contribution in [3.63, 3.8) is 0 Å². The summed E-state index contributed by atoms with van der Waals surface area (Å²) in [5, 5.41) is 0.235. The van der Waals surface area contributed by atoms with Crippen LogP contribution >= 0.6 is 39.3 Å². The summed E-state index contributed by atoms with van der Waals surface area (Å²) in [6.45, 7) is 0.461. The van der Waals surface area contributed by atoms with Crippen LogP contribution in [0.4, 0.5) is 0 Å². The summed E-state index contributed by atoms with van der Waals surface area (Å²) in [6, 6.07) is 4.81. The Morgan fingerprint density at radius 2 is 2.00 bits per heavy atom. The van der Waals surface area contributed by atoms with Crippen LogP contribution in [0.1, 0.15) is 32.1 Å². The van der Waals surface area contributed by atoms with Crippen molar-refractivity contribution in [1.82, 2.24) is 4.72 Å². The zero-order valence-corrected chi connectivity index (χ0v) is 15.8. The summed E-state index contributed by atoms with van der Waals surface area (Å²) in [4.78, 5) is 0.138. The summed E-state index contributed by atoms with van der Waals surface area (Å²) in [7, 11) is -3.57. The molecule has 0 aliphatic heterocycles. The smallest absolute Gasteiger partial charge is 0.210 e. The van der Waals surface area contributed by atoms with E-state index in [1.807, 2.05) is 0 Å². The molecule has 1 aliphatic rings. The van der Waals surface area contributed by atoms with E-state index in [9.17, 15) is 8.42 Å². The van der Waals surface area contributed by atoms with Crippen LogP contribution < -0.4 is 4.72 Å². The summed E-state index contributed by atoms with van der Waals surface area (Å²) < 4.78 is 28.4.